The zero-order valence-electron chi connectivity index (χ0n) is 11.9. The molecule has 0 spiro atoms. The van der Waals surface area contributed by atoms with Gasteiger partial charge in [-0.05, 0) is 17.5 Å². The Labute approximate surface area is 115 Å². The molecule has 4 nitrogen and oxygen atoms in total. The third-order valence-electron chi connectivity index (χ3n) is 4.23. The van der Waals surface area contributed by atoms with Gasteiger partial charge in [0.25, 0.3) is 0 Å². The Morgan fingerprint density at radius 2 is 1.89 bits per heavy atom. The standard InChI is InChI=1S/C15H23N3O/c1-12(2)13-7-14(9-16-8-13)17-3-5-18(6-4-17)15-10-19-11-15/h7-9,12,15H,3-6,10-11H2,1-2H3. The first-order valence-corrected chi connectivity index (χ1v) is 7.26. The molecule has 1 aromatic rings. The van der Waals surface area contributed by atoms with Crippen LogP contribution in [0.2, 0.25) is 0 Å². The van der Waals surface area contributed by atoms with Gasteiger partial charge in [0, 0.05) is 32.4 Å². The zero-order valence-corrected chi connectivity index (χ0v) is 11.9. The Kier molecular flexibility index (Phi) is 3.71. The second-order valence-electron chi connectivity index (χ2n) is 5.85. The number of nitrogens with zero attached hydrogens (tertiary/aromatic N) is 3. The van der Waals surface area contributed by atoms with Crippen molar-refractivity contribution in [2.75, 3.05) is 44.3 Å². The summed E-state index contributed by atoms with van der Waals surface area (Å²) in [6.45, 7) is 10.7. The fourth-order valence-electron chi connectivity index (χ4n) is 2.71. The van der Waals surface area contributed by atoms with Crippen molar-refractivity contribution in [1.82, 2.24) is 9.88 Å². The molecule has 3 rings (SSSR count). The lowest BCUT2D eigenvalue weighted by Crippen LogP contribution is -2.56. The van der Waals surface area contributed by atoms with Crippen LogP contribution in [0.15, 0.2) is 18.5 Å². The van der Waals surface area contributed by atoms with Crippen LogP contribution in [0, 0.1) is 0 Å². The molecule has 3 heterocycles. The molecular weight excluding hydrogens is 238 g/mol. The van der Waals surface area contributed by atoms with Gasteiger partial charge in [-0.2, -0.15) is 0 Å². The van der Waals surface area contributed by atoms with Crippen molar-refractivity contribution < 1.29 is 4.74 Å². The van der Waals surface area contributed by atoms with Gasteiger partial charge >= 0.3 is 0 Å². The normalized spacial score (nSPS) is 21.7. The lowest BCUT2D eigenvalue weighted by atomic mass is 10.1. The molecule has 0 unspecified atom stereocenters. The average molecular weight is 261 g/mol. The molecule has 2 saturated heterocycles. The van der Waals surface area contributed by atoms with E-state index >= 15 is 0 Å². The van der Waals surface area contributed by atoms with Crippen molar-refractivity contribution in [3.05, 3.63) is 24.0 Å². The first-order valence-electron chi connectivity index (χ1n) is 7.26. The van der Waals surface area contributed by atoms with Crippen molar-refractivity contribution in [2.24, 2.45) is 0 Å². The molecule has 4 heteroatoms. The molecule has 2 aliphatic rings. The summed E-state index contributed by atoms with van der Waals surface area (Å²) in [6.07, 6.45) is 3.98. The van der Waals surface area contributed by atoms with Crippen molar-refractivity contribution >= 4 is 5.69 Å². The maximum Gasteiger partial charge on any atom is 0.0645 e. The highest BCUT2D eigenvalue weighted by Gasteiger charge is 2.28. The largest absolute Gasteiger partial charge is 0.378 e. The highest BCUT2D eigenvalue weighted by Crippen LogP contribution is 2.22. The predicted molar refractivity (Wildman–Crippen MR) is 76.7 cm³/mol. The van der Waals surface area contributed by atoms with Crippen LogP contribution in [0.5, 0.6) is 0 Å². The van der Waals surface area contributed by atoms with E-state index in [1.807, 2.05) is 12.4 Å². The van der Waals surface area contributed by atoms with E-state index in [1.54, 1.807) is 0 Å². The van der Waals surface area contributed by atoms with Crippen LogP contribution in [0.4, 0.5) is 5.69 Å². The Hall–Kier alpha value is -1.13. The van der Waals surface area contributed by atoms with E-state index in [2.05, 4.69) is 34.7 Å². The highest BCUT2D eigenvalue weighted by atomic mass is 16.5. The fraction of sp³-hybridized carbons (Fsp3) is 0.667. The molecule has 0 atom stereocenters. The lowest BCUT2D eigenvalue weighted by Gasteiger charge is -2.43. The summed E-state index contributed by atoms with van der Waals surface area (Å²) in [5.41, 5.74) is 2.60. The molecular formula is C15H23N3O. The van der Waals surface area contributed by atoms with Gasteiger partial charge in [-0.25, -0.2) is 0 Å². The first kappa shape index (κ1) is 12.9. The molecule has 2 fully saturated rings. The summed E-state index contributed by atoms with van der Waals surface area (Å²) in [5, 5.41) is 0. The van der Waals surface area contributed by atoms with E-state index in [4.69, 9.17) is 4.74 Å². The zero-order chi connectivity index (χ0) is 13.2. The van der Waals surface area contributed by atoms with E-state index in [-0.39, 0.29) is 0 Å². The number of pyridine rings is 1. The summed E-state index contributed by atoms with van der Waals surface area (Å²) < 4.78 is 5.28. The minimum atomic E-state index is 0.542. The van der Waals surface area contributed by atoms with Crippen molar-refractivity contribution in [3.63, 3.8) is 0 Å². The van der Waals surface area contributed by atoms with Crippen molar-refractivity contribution in [2.45, 2.75) is 25.8 Å². The summed E-state index contributed by atoms with van der Waals surface area (Å²) in [7, 11) is 0. The summed E-state index contributed by atoms with van der Waals surface area (Å²) in [4.78, 5) is 9.40. The minimum absolute atomic E-state index is 0.542. The van der Waals surface area contributed by atoms with Crippen LogP contribution in [-0.2, 0) is 4.74 Å². The van der Waals surface area contributed by atoms with Gasteiger partial charge in [-0.15, -0.1) is 0 Å². The van der Waals surface area contributed by atoms with Crippen LogP contribution in [0.1, 0.15) is 25.3 Å². The molecule has 1 aromatic heterocycles. The molecule has 0 saturated carbocycles. The molecule has 0 radical (unpaired) electrons. The smallest absolute Gasteiger partial charge is 0.0645 e. The van der Waals surface area contributed by atoms with Crippen molar-refractivity contribution in [1.29, 1.82) is 0 Å². The quantitative estimate of drug-likeness (QED) is 0.828. The number of aromatic nitrogens is 1. The van der Waals surface area contributed by atoms with Gasteiger partial charge in [0.05, 0.1) is 31.1 Å². The third-order valence-corrected chi connectivity index (χ3v) is 4.23. The van der Waals surface area contributed by atoms with E-state index < -0.39 is 0 Å². The van der Waals surface area contributed by atoms with Crippen LogP contribution >= 0.6 is 0 Å². The predicted octanol–water partition coefficient (Wildman–Crippen LogP) is 1.73. The maximum atomic E-state index is 5.28. The molecule has 0 amide bonds. The molecule has 0 aromatic carbocycles. The topological polar surface area (TPSA) is 28.6 Å². The second kappa shape index (κ2) is 5.47. The molecule has 0 aliphatic carbocycles. The van der Waals surface area contributed by atoms with Gasteiger partial charge in [-0.1, -0.05) is 13.8 Å². The van der Waals surface area contributed by atoms with Crippen LogP contribution < -0.4 is 4.90 Å². The van der Waals surface area contributed by atoms with E-state index in [0.29, 0.717) is 12.0 Å². The summed E-state index contributed by atoms with van der Waals surface area (Å²) in [5.74, 6) is 0.542. The Morgan fingerprint density at radius 3 is 2.47 bits per heavy atom. The fourth-order valence-corrected chi connectivity index (χ4v) is 2.71. The molecule has 19 heavy (non-hydrogen) atoms. The van der Waals surface area contributed by atoms with E-state index in [9.17, 15) is 0 Å². The van der Waals surface area contributed by atoms with E-state index in [0.717, 1.165) is 39.4 Å². The minimum Gasteiger partial charge on any atom is -0.378 e. The molecule has 0 N–H and O–H groups in total. The maximum absolute atomic E-state index is 5.28. The SMILES string of the molecule is CC(C)c1cncc(N2CCN(C3COC3)CC2)c1. The van der Waals surface area contributed by atoms with Crippen LogP contribution in [0.25, 0.3) is 0 Å². The second-order valence-corrected chi connectivity index (χ2v) is 5.85. The number of hydrogen-bond donors (Lipinski definition) is 0. The van der Waals surface area contributed by atoms with Crippen molar-refractivity contribution in [3.8, 4) is 0 Å². The number of ether oxygens (including phenoxy) is 1. The first-order chi connectivity index (χ1) is 9.24. The molecule has 0 bridgehead atoms. The molecule has 104 valence electrons. The summed E-state index contributed by atoms with van der Waals surface area (Å²) >= 11 is 0. The lowest BCUT2D eigenvalue weighted by molar-refractivity contribution is -0.0660. The highest BCUT2D eigenvalue weighted by molar-refractivity contribution is 5.47. The van der Waals surface area contributed by atoms with Crippen LogP contribution in [-0.4, -0.2) is 55.3 Å². The number of hydrogen-bond acceptors (Lipinski definition) is 4. The number of piperazine rings is 1. The van der Waals surface area contributed by atoms with Gasteiger partial charge in [-0.3, -0.25) is 9.88 Å². The number of anilines is 1. The summed E-state index contributed by atoms with van der Waals surface area (Å²) in [6, 6.07) is 2.96. The number of rotatable bonds is 3. The van der Waals surface area contributed by atoms with E-state index in [1.165, 1.54) is 11.3 Å². The monoisotopic (exact) mass is 261 g/mol. The van der Waals surface area contributed by atoms with Gasteiger partial charge in [0.2, 0.25) is 0 Å². The van der Waals surface area contributed by atoms with Gasteiger partial charge in [0.15, 0.2) is 0 Å². The third kappa shape index (κ3) is 2.74. The Balaban J connectivity index is 1.62. The molecule has 2 aliphatic heterocycles. The Bertz CT molecular complexity index is 423. The van der Waals surface area contributed by atoms with Crippen LogP contribution in [0.3, 0.4) is 0 Å². The van der Waals surface area contributed by atoms with Gasteiger partial charge in [0.1, 0.15) is 0 Å². The Morgan fingerprint density at radius 1 is 1.16 bits per heavy atom. The average Bonchev–Trinajstić information content (AvgIpc) is 2.38. The van der Waals surface area contributed by atoms with Gasteiger partial charge < -0.3 is 9.64 Å².